The molecule has 0 amide bonds. The lowest BCUT2D eigenvalue weighted by Gasteiger charge is -2.09. The summed E-state index contributed by atoms with van der Waals surface area (Å²) in [6.07, 6.45) is 0. The molecule has 1 aliphatic rings. The SMILES string of the molecule is O=C(c1ccccc1)c1cccc2c1=c1ccccc1=2. The van der Waals surface area contributed by atoms with Gasteiger partial charge >= 0.3 is 0 Å². The van der Waals surface area contributed by atoms with E-state index in [2.05, 4.69) is 18.2 Å². The van der Waals surface area contributed by atoms with Gasteiger partial charge < -0.3 is 0 Å². The number of hydrogen-bond acceptors (Lipinski definition) is 1. The molecule has 3 aromatic rings. The van der Waals surface area contributed by atoms with Crippen LogP contribution >= 0.6 is 0 Å². The molecule has 0 atom stereocenters. The van der Waals surface area contributed by atoms with E-state index >= 15 is 0 Å². The lowest BCUT2D eigenvalue weighted by molar-refractivity contribution is 0.103. The summed E-state index contributed by atoms with van der Waals surface area (Å²) in [7, 11) is 0. The summed E-state index contributed by atoms with van der Waals surface area (Å²) >= 11 is 0. The number of ketones is 1. The minimum Gasteiger partial charge on any atom is -0.289 e. The Morgan fingerprint density at radius 2 is 1.25 bits per heavy atom. The highest BCUT2D eigenvalue weighted by Gasteiger charge is 2.13. The second-order valence-electron chi connectivity index (χ2n) is 4.97. The lowest BCUT2D eigenvalue weighted by Crippen LogP contribution is -2.06. The van der Waals surface area contributed by atoms with Crippen LogP contribution in [-0.2, 0) is 0 Å². The Morgan fingerprint density at radius 3 is 2.05 bits per heavy atom. The van der Waals surface area contributed by atoms with Crippen molar-refractivity contribution in [1.82, 2.24) is 0 Å². The van der Waals surface area contributed by atoms with E-state index in [1.54, 1.807) is 0 Å². The van der Waals surface area contributed by atoms with E-state index in [4.69, 9.17) is 0 Å². The Morgan fingerprint density at radius 1 is 0.600 bits per heavy atom. The standard InChI is InChI=1S/C19H12O/c20-19(13-7-2-1-3-8-13)17-12-6-11-16-14-9-4-5-10-15(14)18(16)17/h1-12H. The zero-order valence-corrected chi connectivity index (χ0v) is 10.8. The molecule has 0 spiro atoms. The van der Waals surface area contributed by atoms with Gasteiger partial charge in [-0.25, -0.2) is 0 Å². The number of hydrogen-bond donors (Lipinski definition) is 0. The summed E-state index contributed by atoms with van der Waals surface area (Å²) in [5.74, 6) is 0.0944. The molecule has 1 nitrogen and oxygen atoms in total. The molecule has 94 valence electrons. The molecule has 0 saturated carbocycles. The van der Waals surface area contributed by atoms with Gasteiger partial charge in [0, 0.05) is 16.3 Å². The topological polar surface area (TPSA) is 17.1 Å². The number of carbonyl (C=O) groups excluding carboxylic acids is 1. The molecular formula is C19H12O. The van der Waals surface area contributed by atoms with Gasteiger partial charge in [0.05, 0.1) is 0 Å². The first-order chi connectivity index (χ1) is 9.86. The van der Waals surface area contributed by atoms with E-state index in [9.17, 15) is 4.79 Å². The summed E-state index contributed by atoms with van der Waals surface area (Å²) in [6, 6.07) is 23.7. The third-order valence-electron chi connectivity index (χ3n) is 3.83. The molecule has 0 fully saturated rings. The van der Waals surface area contributed by atoms with Crippen LogP contribution in [0, 0.1) is 20.9 Å². The van der Waals surface area contributed by atoms with Crippen LogP contribution in [-0.4, -0.2) is 5.78 Å². The smallest absolute Gasteiger partial charge is 0.193 e. The lowest BCUT2D eigenvalue weighted by atomic mass is 9.93. The van der Waals surface area contributed by atoms with Crippen LogP contribution in [0.25, 0.3) is 0 Å². The van der Waals surface area contributed by atoms with Crippen molar-refractivity contribution in [2.24, 2.45) is 0 Å². The van der Waals surface area contributed by atoms with Crippen molar-refractivity contribution in [1.29, 1.82) is 0 Å². The van der Waals surface area contributed by atoms with Crippen molar-refractivity contribution in [2.45, 2.75) is 0 Å². The van der Waals surface area contributed by atoms with E-state index in [-0.39, 0.29) is 5.78 Å². The maximum atomic E-state index is 12.7. The van der Waals surface area contributed by atoms with Crippen molar-refractivity contribution in [3.05, 3.63) is 105 Å². The summed E-state index contributed by atoms with van der Waals surface area (Å²) in [5.41, 5.74) is 1.54. The van der Waals surface area contributed by atoms with Gasteiger partial charge in [0.15, 0.2) is 5.78 Å². The predicted octanol–water partition coefficient (Wildman–Crippen LogP) is 3.80. The summed E-state index contributed by atoms with van der Waals surface area (Å²) < 4.78 is 0. The van der Waals surface area contributed by atoms with Crippen LogP contribution in [0.5, 0.6) is 0 Å². The second kappa shape index (κ2) is 4.17. The first-order valence-corrected chi connectivity index (χ1v) is 6.69. The Hall–Kier alpha value is -2.67. The van der Waals surface area contributed by atoms with Crippen LogP contribution in [0.4, 0.5) is 0 Å². The van der Waals surface area contributed by atoms with Crippen LogP contribution in [0.3, 0.4) is 0 Å². The fraction of sp³-hybridized carbons (Fsp3) is 0. The summed E-state index contributed by atoms with van der Waals surface area (Å²) in [6.45, 7) is 0. The number of carbonyl (C=O) groups is 1. The Kier molecular flexibility index (Phi) is 2.33. The van der Waals surface area contributed by atoms with Crippen molar-refractivity contribution in [2.75, 3.05) is 0 Å². The molecule has 4 rings (SSSR count). The van der Waals surface area contributed by atoms with E-state index in [0.717, 1.165) is 16.3 Å². The second-order valence-corrected chi connectivity index (χ2v) is 4.97. The van der Waals surface area contributed by atoms with Gasteiger partial charge in [-0.1, -0.05) is 72.8 Å². The average Bonchev–Trinajstić information content (AvgIpc) is 2.52. The van der Waals surface area contributed by atoms with Crippen molar-refractivity contribution in [3.8, 4) is 0 Å². The van der Waals surface area contributed by atoms with Gasteiger partial charge in [-0.05, 0) is 15.7 Å². The molecule has 1 aliphatic carbocycles. The normalized spacial score (nSPS) is 11.2. The summed E-state index contributed by atoms with van der Waals surface area (Å²) in [4.78, 5) is 12.7. The molecule has 1 heteroatoms. The van der Waals surface area contributed by atoms with Gasteiger partial charge in [0.1, 0.15) is 0 Å². The van der Waals surface area contributed by atoms with Crippen molar-refractivity contribution in [3.63, 3.8) is 0 Å². The highest BCUT2D eigenvalue weighted by Crippen LogP contribution is 2.19. The molecule has 0 radical (unpaired) electrons. The first kappa shape index (κ1) is 11.2. The van der Waals surface area contributed by atoms with E-state index in [1.165, 1.54) is 15.7 Å². The molecule has 0 saturated heterocycles. The summed E-state index contributed by atoms with van der Waals surface area (Å²) in [5, 5.41) is 4.70. The maximum Gasteiger partial charge on any atom is 0.193 e. The average molecular weight is 256 g/mol. The highest BCUT2D eigenvalue weighted by molar-refractivity contribution is 6.09. The molecule has 0 bridgehead atoms. The van der Waals surface area contributed by atoms with Crippen molar-refractivity contribution >= 4 is 5.78 Å². The Bertz CT molecular complexity index is 1000. The molecule has 20 heavy (non-hydrogen) atoms. The van der Waals surface area contributed by atoms with Crippen LogP contribution < -0.4 is 0 Å². The third kappa shape index (κ3) is 1.47. The molecule has 3 aromatic carbocycles. The minimum absolute atomic E-state index is 0.0944. The maximum absolute atomic E-state index is 12.7. The number of rotatable bonds is 2. The largest absolute Gasteiger partial charge is 0.289 e. The Labute approximate surface area is 116 Å². The fourth-order valence-corrected chi connectivity index (χ4v) is 2.87. The van der Waals surface area contributed by atoms with Gasteiger partial charge in [0.2, 0.25) is 0 Å². The molecule has 0 unspecified atom stereocenters. The quantitative estimate of drug-likeness (QED) is 0.498. The van der Waals surface area contributed by atoms with Crippen LogP contribution in [0.15, 0.2) is 72.8 Å². The van der Waals surface area contributed by atoms with E-state index in [0.29, 0.717) is 0 Å². The zero-order valence-electron chi connectivity index (χ0n) is 10.8. The Balaban J connectivity index is 2.02. The van der Waals surface area contributed by atoms with Gasteiger partial charge in [-0.15, -0.1) is 0 Å². The molecule has 0 aromatic heterocycles. The fourth-order valence-electron chi connectivity index (χ4n) is 2.87. The van der Waals surface area contributed by atoms with Crippen LogP contribution in [0.1, 0.15) is 15.9 Å². The van der Waals surface area contributed by atoms with Crippen molar-refractivity contribution < 1.29 is 4.79 Å². The van der Waals surface area contributed by atoms with Gasteiger partial charge in [-0.3, -0.25) is 4.79 Å². The highest BCUT2D eigenvalue weighted by atomic mass is 16.1. The monoisotopic (exact) mass is 256 g/mol. The first-order valence-electron chi connectivity index (χ1n) is 6.69. The molecule has 0 heterocycles. The number of benzene rings is 3. The van der Waals surface area contributed by atoms with E-state index in [1.807, 2.05) is 54.6 Å². The van der Waals surface area contributed by atoms with Gasteiger partial charge in [-0.2, -0.15) is 0 Å². The zero-order chi connectivity index (χ0) is 13.5. The van der Waals surface area contributed by atoms with E-state index < -0.39 is 0 Å². The molecule has 0 N–H and O–H groups in total. The molecular weight excluding hydrogens is 244 g/mol. The van der Waals surface area contributed by atoms with Gasteiger partial charge in [0.25, 0.3) is 0 Å². The predicted molar refractivity (Wildman–Crippen MR) is 78.1 cm³/mol. The number of fused-ring (bicyclic) bond motifs is 2. The minimum atomic E-state index is 0.0944. The van der Waals surface area contributed by atoms with Crippen LogP contribution in [0.2, 0.25) is 0 Å². The third-order valence-corrected chi connectivity index (χ3v) is 3.83. The molecule has 0 aliphatic heterocycles.